The van der Waals surface area contributed by atoms with E-state index in [1.807, 2.05) is 55.5 Å². The molecule has 0 aliphatic carbocycles. The summed E-state index contributed by atoms with van der Waals surface area (Å²) in [4.78, 5) is 15.0. The number of aromatic nitrogens is 1. The van der Waals surface area contributed by atoms with Gasteiger partial charge in [0.2, 0.25) is 0 Å². The number of carbonyl (C=O) groups is 1. The van der Waals surface area contributed by atoms with Gasteiger partial charge >= 0.3 is 0 Å². The van der Waals surface area contributed by atoms with Gasteiger partial charge in [0.25, 0.3) is 5.91 Å². The Labute approximate surface area is 180 Å². The van der Waals surface area contributed by atoms with E-state index in [1.54, 1.807) is 6.07 Å². The van der Waals surface area contributed by atoms with Crippen LogP contribution in [-0.4, -0.2) is 48.8 Å². The Morgan fingerprint density at radius 2 is 1.83 bits per heavy atom. The van der Waals surface area contributed by atoms with Gasteiger partial charge in [0.05, 0.1) is 19.3 Å². The molecule has 4 rings (SSSR count). The van der Waals surface area contributed by atoms with Crippen molar-refractivity contribution in [1.82, 2.24) is 15.4 Å². The molecule has 2 heterocycles. The first-order valence-corrected chi connectivity index (χ1v) is 10.4. The van der Waals surface area contributed by atoms with Gasteiger partial charge in [0.1, 0.15) is 0 Å². The molecule has 7 heteroatoms. The average molecular weight is 426 g/mol. The second-order valence-corrected chi connectivity index (χ2v) is 7.80. The molecule has 156 valence electrons. The first-order valence-electron chi connectivity index (χ1n) is 9.99. The number of aryl methyl sites for hydroxylation is 1. The Hall–Kier alpha value is -2.67. The van der Waals surface area contributed by atoms with Crippen molar-refractivity contribution in [1.29, 1.82) is 0 Å². The van der Waals surface area contributed by atoms with Gasteiger partial charge in [-0.1, -0.05) is 58.7 Å². The van der Waals surface area contributed by atoms with Crippen molar-refractivity contribution in [2.75, 3.05) is 32.8 Å². The van der Waals surface area contributed by atoms with Crippen LogP contribution in [0.15, 0.2) is 59.1 Å². The van der Waals surface area contributed by atoms with Gasteiger partial charge in [0.15, 0.2) is 11.5 Å². The van der Waals surface area contributed by atoms with Gasteiger partial charge in [-0.25, -0.2) is 0 Å². The molecule has 1 aromatic heterocycles. The third-order valence-electron chi connectivity index (χ3n) is 5.28. The SMILES string of the molecule is Cc1ccc(-c2cc(C(=O)NCC(c3ccc(Cl)cc3)N3CCOCC3)no2)cc1. The van der Waals surface area contributed by atoms with Crippen molar-refractivity contribution < 1.29 is 14.1 Å². The van der Waals surface area contributed by atoms with E-state index >= 15 is 0 Å². The Morgan fingerprint density at radius 1 is 1.13 bits per heavy atom. The molecule has 1 aliphatic rings. The second-order valence-electron chi connectivity index (χ2n) is 7.37. The number of benzene rings is 2. The van der Waals surface area contributed by atoms with Crippen molar-refractivity contribution in [2.24, 2.45) is 0 Å². The van der Waals surface area contributed by atoms with Crippen LogP contribution in [-0.2, 0) is 4.74 Å². The van der Waals surface area contributed by atoms with E-state index in [9.17, 15) is 4.79 Å². The summed E-state index contributed by atoms with van der Waals surface area (Å²) < 4.78 is 10.9. The fraction of sp³-hybridized carbons (Fsp3) is 0.304. The van der Waals surface area contributed by atoms with Gasteiger partial charge in [-0.3, -0.25) is 9.69 Å². The third-order valence-corrected chi connectivity index (χ3v) is 5.53. The number of hydrogen-bond donors (Lipinski definition) is 1. The highest BCUT2D eigenvalue weighted by Crippen LogP contribution is 2.24. The Morgan fingerprint density at radius 3 is 2.53 bits per heavy atom. The molecule has 1 N–H and O–H groups in total. The maximum Gasteiger partial charge on any atom is 0.273 e. The molecular weight excluding hydrogens is 402 g/mol. The van der Waals surface area contributed by atoms with Crippen molar-refractivity contribution in [3.63, 3.8) is 0 Å². The molecule has 0 spiro atoms. The fourth-order valence-corrected chi connectivity index (χ4v) is 3.67. The molecule has 1 atom stereocenters. The van der Waals surface area contributed by atoms with E-state index in [-0.39, 0.29) is 17.6 Å². The molecule has 1 saturated heterocycles. The molecule has 0 bridgehead atoms. The highest BCUT2D eigenvalue weighted by atomic mass is 35.5. The van der Waals surface area contributed by atoms with E-state index in [2.05, 4.69) is 15.4 Å². The minimum absolute atomic E-state index is 0.0265. The molecule has 1 fully saturated rings. The number of rotatable bonds is 6. The number of nitrogens with zero attached hydrogens (tertiary/aromatic N) is 2. The zero-order valence-corrected chi connectivity index (χ0v) is 17.6. The quantitative estimate of drug-likeness (QED) is 0.643. The highest BCUT2D eigenvalue weighted by Gasteiger charge is 2.24. The summed E-state index contributed by atoms with van der Waals surface area (Å²) in [6, 6.07) is 17.3. The van der Waals surface area contributed by atoms with Gasteiger partial charge < -0.3 is 14.6 Å². The van der Waals surface area contributed by atoms with Crippen LogP contribution < -0.4 is 5.32 Å². The lowest BCUT2D eigenvalue weighted by Crippen LogP contribution is -2.43. The Bertz CT molecular complexity index is 980. The molecule has 0 radical (unpaired) electrons. The molecule has 6 nitrogen and oxygen atoms in total. The normalized spacial score (nSPS) is 15.7. The summed E-state index contributed by atoms with van der Waals surface area (Å²) in [5.74, 6) is 0.312. The second kappa shape index (κ2) is 9.43. The summed E-state index contributed by atoms with van der Waals surface area (Å²) >= 11 is 6.05. The number of carbonyl (C=O) groups excluding carboxylic acids is 1. The lowest BCUT2D eigenvalue weighted by molar-refractivity contribution is 0.0162. The number of amides is 1. The largest absolute Gasteiger partial charge is 0.379 e. The van der Waals surface area contributed by atoms with E-state index in [0.29, 0.717) is 30.5 Å². The smallest absolute Gasteiger partial charge is 0.273 e. The summed E-state index contributed by atoms with van der Waals surface area (Å²) in [7, 11) is 0. The van der Waals surface area contributed by atoms with Crippen LogP contribution in [0.5, 0.6) is 0 Å². The zero-order chi connectivity index (χ0) is 20.9. The predicted octanol–water partition coefficient (Wildman–Crippen LogP) is 4.11. The van der Waals surface area contributed by atoms with Crippen LogP contribution in [0.3, 0.4) is 0 Å². The van der Waals surface area contributed by atoms with Gasteiger partial charge in [-0.2, -0.15) is 0 Å². The molecule has 0 saturated carbocycles. The minimum atomic E-state index is -0.260. The lowest BCUT2D eigenvalue weighted by atomic mass is 10.0. The van der Waals surface area contributed by atoms with Gasteiger partial charge in [-0.15, -0.1) is 0 Å². The van der Waals surface area contributed by atoms with Crippen molar-refractivity contribution in [2.45, 2.75) is 13.0 Å². The monoisotopic (exact) mass is 425 g/mol. The summed E-state index contributed by atoms with van der Waals surface area (Å²) in [6.45, 7) is 5.46. The van der Waals surface area contributed by atoms with Crippen LogP contribution in [0.4, 0.5) is 0 Å². The van der Waals surface area contributed by atoms with Crippen LogP contribution in [0.1, 0.15) is 27.7 Å². The number of halogens is 1. The third kappa shape index (κ3) is 4.90. The summed E-state index contributed by atoms with van der Waals surface area (Å²) in [5, 5.41) is 7.65. The fourth-order valence-electron chi connectivity index (χ4n) is 3.55. The Kier molecular flexibility index (Phi) is 6.47. The number of morpholine rings is 1. The first kappa shape index (κ1) is 20.6. The molecule has 1 unspecified atom stereocenters. The zero-order valence-electron chi connectivity index (χ0n) is 16.8. The topological polar surface area (TPSA) is 67.6 Å². The van der Waals surface area contributed by atoms with Crippen LogP contribution in [0, 0.1) is 6.92 Å². The summed E-state index contributed by atoms with van der Waals surface area (Å²) in [5.41, 5.74) is 3.41. The maximum absolute atomic E-state index is 12.7. The number of ether oxygens (including phenoxy) is 1. The van der Waals surface area contributed by atoms with Crippen LogP contribution in [0.2, 0.25) is 5.02 Å². The van der Waals surface area contributed by atoms with E-state index in [4.69, 9.17) is 20.9 Å². The number of hydrogen-bond acceptors (Lipinski definition) is 5. The minimum Gasteiger partial charge on any atom is -0.379 e. The lowest BCUT2D eigenvalue weighted by Gasteiger charge is -2.34. The molecule has 1 aliphatic heterocycles. The number of nitrogens with one attached hydrogen (secondary N) is 1. The highest BCUT2D eigenvalue weighted by molar-refractivity contribution is 6.30. The predicted molar refractivity (Wildman–Crippen MR) is 116 cm³/mol. The van der Waals surface area contributed by atoms with Crippen molar-refractivity contribution in [3.05, 3.63) is 76.4 Å². The Balaban J connectivity index is 1.45. The average Bonchev–Trinajstić information content (AvgIpc) is 3.27. The van der Waals surface area contributed by atoms with Crippen molar-refractivity contribution in [3.8, 4) is 11.3 Å². The molecular formula is C23H24ClN3O3. The molecule has 1 amide bonds. The van der Waals surface area contributed by atoms with E-state index in [1.165, 1.54) is 0 Å². The maximum atomic E-state index is 12.7. The van der Waals surface area contributed by atoms with Crippen molar-refractivity contribution >= 4 is 17.5 Å². The van der Waals surface area contributed by atoms with E-state index < -0.39 is 0 Å². The van der Waals surface area contributed by atoms with Crippen LogP contribution in [0.25, 0.3) is 11.3 Å². The first-order chi connectivity index (χ1) is 14.6. The molecule has 30 heavy (non-hydrogen) atoms. The van der Waals surface area contributed by atoms with Crippen LogP contribution >= 0.6 is 11.6 Å². The standard InChI is InChI=1S/C23H24ClN3O3/c1-16-2-4-18(5-3-16)22-14-20(26-30-22)23(28)25-15-21(27-10-12-29-13-11-27)17-6-8-19(24)9-7-17/h2-9,14,21H,10-13,15H2,1H3,(H,25,28). The van der Waals surface area contributed by atoms with E-state index in [0.717, 1.165) is 29.8 Å². The van der Waals surface area contributed by atoms with Gasteiger partial charge in [0, 0.05) is 36.3 Å². The summed E-state index contributed by atoms with van der Waals surface area (Å²) in [6.07, 6.45) is 0. The van der Waals surface area contributed by atoms with Gasteiger partial charge in [-0.05, 0) is 24.6 Å². The molecule has 2 aromatic carbocycles. The molecule has 3 aromatic rings.